The van der Waals surface area contributed by atoms with Gasteiger partial charge in [0, 0.05) is 6.20 Å². The minimum atomic E-state index is -0.577. The molecular weight excluding hydrogens is 271 g/mol. The van der Waals surface area contributed by atoms with Gasteiger partial charge in [-0.3, -0.25) is 15.1 Å². The molecule has 2 heterocycles. The van der Waals surface area contributed by atoms with Gasteiger partial charge in [-0.05, 0) is 24.3 Å². The summed E-state index contributed by atoms with van der Waals surface area (Å²) >= 11 is 0. The van der Waals surface area contributed by atoms with Gasteiger partial charge in [-0.15, -0.1) is 0 Å². The van der Waals surface area contributed by atoms with Gasteiger partial charge in [-0.25, -0.2) is 9.37 Å². The van der Waals surface area contributed by atoms with E-state index in [1.807, 2.05) is 12.1 Å². The molecule has 2 N–H and O–H groups in total. The van der Waals surface area contributed by atoms with Crippen molar-refractivity contribution in [2.24, 2.45) is 0 Å². The highest BCUT2D eigenvalue weighted by Gasteiger charge is 2.13. The van der Waals surface area contributed by atoms with E-state index in [0.29, 0.717) is 11.4 Å². The minimum Gasteiger partial charge on any atom is -0.323 e. The van der Waals surface area contributed by atoms with Crippen LogP contribution in [-0.2, 0) is 0 Å². The highest BCUT2D eigenvalue weighted by Crippen LogP contribution is 2.16. The lowest BCUT2D eigenvalue weighted by Crippen LogP contribution is -2.14. The van der Waals surface area contributed by atoms with E-state index < -0.39 is 11.7 Å². The maximum absolute atomic E-state index is 13.5. The first kappa shape index (κ1) is 13.0. The molecule has 104 valence electrons. The summed E-state index contributed by atoms with van der Waals surface area (Å²) in [6.07, 6.45) is 3.22. The van der Waals surface area contributed by atoms with Crippen LogP contribution in [0.2, 0.25) is 0 Å². The van der Waals surface area contributed by atoms with Crippen molar-refractivity contribution in [2.45, 2.75) is 0 Å². The van der Waals surface area contributed by atoms with Crippen molar-refractivity contribution in [3.05, 3.63) is 66.2 Å². The molecule has 0 aliphatic carbocycles. The number of anilines is 1. The molecule has 0 spiro atoms. The molecule has 3 aromatic rings. The number of aromatic nitrogens is 3. The molecule has 0 atom stereocenters. The molecule has 5 nitrogen and oxygen atoms in total. The molecule has 2 aromatic heterocycles. The third kappa shape index (κ3) is 2.79. The van der Waals surface area contributed by atoms with Crippen LogP contribution < -0.4 is 5.32 Å². The fourth-order valence-electron chi connectivity index (χ4n) is 1.86. The van der Waals surface area contributed by atoms with Crippen LogP contribution in [-0.4, -0.2) is 20.9 Å². The van der Waals surface area contributed by atoms with Gasteiger partial charge in [0.05, 0.1) is 23.1 Å². The molecule has 21 heavy (non-hydrogen) atoms. The van der Waals surface area contributed by atoms with Crippen molar-refractivity contribution in [1.29, 1.82) is 0 Å². The molecule has 3 rings (SSSR count). The Morgan fingerprint density at radius 3 is 2.67 bits per heavy atom. The normalized spacial score (nSPS) is 10.3. The van der Waals surface area contributed by atoms with Gasteiger partial charge in [0.15, 0.2) is 0 Å². The van der Waals surface area contributed by atoms with Gasteiger partial charge in [0.1, 0.15) is 5.82 Å². The summed E-state index contributed by atoms with van der Waals surface area (Å²) in [5, 5.41) is 2.52. The number of amides is 1. The minimum absolute atomic E-state index is 0.0340. The number of pyridine rings is 1. The Labute approximate surface area is 119 Å². The average molecular weight is 282 g/mol. The lowest BCUT2D eigenvalue weighted by molar-refractivity contribution is 0.102. The number of nitrogens with one attached hydrogen (secondary N) is 2. The second kappa shape index (κ2) is 5.54. The molecule has 0 fully saturated rings. The number of rotatable bonds is 3. The third-order valence-electron chi connectivity index (χ3n) is 2.87. The number of halogens is 1. The number of hydrogen-bond acceptors (Lipinski definition) is 3. The van der Waals surface area contributed by atoms with Gasteiger partial charge in [-0.2, -0.15) is 0 Å². The summed E-state index contributed by atoms with van der Waals surface area (Å²) in [5.41, 5.74) is 1.34. The van der Waals surface area contributed by atoms with E-state index in [0.717, 1.165) is 0 Å². The maximum Gasteiger partial charge on any atom is 0.260 e. The summed E-state index contributed by atoms with van der Waals surface area (Å²) in [7, 11) is 0. The Bertz CT molecular complexity index is 770. The molecule has 0 aliphatic heterocycles. The monoisotopic (exact) mass is 282 g/mol. The number of benzene rings is 1. The van der Waals surface area contributed by atoms with Crippen LogP contribution in [0.3, 0.4) is 0 Å². The van der Waals surface area contributed by atoms with Crippen LogP contribution in [0.5, 0.6) is 0 Å². The van der Waals surface area contributed by atoms with Crippen LogP contribution >= 0.6 is 0 Å². The molecule has 0 bridgehead atoms. The molecule has 0 unspecified atom stereocenters. The number of carbonyl (C=O) groups is 1. The summed E-state index contributed by atoms with van der Waals surface area (Å²) in [6, 6.07) is 11.2. The fourth-order valence-corrected chi connectivity index (χ4v) is 1.86. The van der Waals surface area contributed by atoms with Crippen molar-refractivity contribution >= 4 is 11.9 Å². The van der Waals surface area contributed by atoms with E-state index in [4.69, 9.17) is 0 Å². The first-order valence-corrected chi connectivity index (χ1v) is 6.26. The van der Waals surface area contributed by atoms with Crippen molar-refractivity contribution in [3.8, 4) is 11.4 Å². The molecular formula is C15H11FN4O. The summed E-state index contributed by atoms with van der Waals surface area (Å²) in [6.45, 7) is 0. The van der Waals surface area contributed by atoms with E-state index in [-0.39, 0.29) is 11.5 Å². The SMILES string of the molecule is O=C(Nc1ncc(-c2ccccn2)[nH]1)c1ccccc1F. The number of carbonyl (C=O) groups excluding carboxylic acids is 1. The predicted molar refractivity (Wildman–Crippen MR) is 76.2 cm³/mol. The van der Waals surface area contributed by atoms with Crippen molar-refractivity contribution in [1.82, 2.24) is 15.0 Å². The predicted octanol–water partition coefficient (Wildman–Crippen LogP) is 2.86. The Morgan fingerprint density at radius 1 is 1.10 bits per heavy atom. The van der Waals surface area contributed by atoms with Crippen molar-refractivity contribution in [3.63, 3.8) is 0 Å². The molecule has 1 aromatic carbocycles. The van der Waals surface area contributed by atoms with Gasteiger partial charge in [-0.1, -0.05) is 18.2 Å². The van der Waals surface area contributed by atoms with E-state index in [1.54, 1.807) is 24.5 Å². The van der Waals surface area contributed by atoms with Crippen LogP contribution in [0, 0.1) is 5.82 Å². The second-order valence-corrected chi connectivity index (χ2v) is 4.29. The van der Waals surface area contributed by atoms with Gasteiger partial charge >= 0.3 is 0 Å². The summed E-state index contributed by atoms with van der Waals surface area (Å²) < 4.78 is 13.5. The van der Waals surface area contributed by atoms with E-state index in [2.05, 4.69) is 20.3 Å². The zero-order valence-corrected chi connectivity index (χ0v) is 10.9. The fraction of sp³-hybridized carbons (Fsp3) is 0. The zero-order valence-electron chi connectivity index (χ0n) is 10.9. The van der Waals surface area contributed by atoms with Crippen molar-refractivity contribution < 1.29 is 9.18 Å². The molecule has 6 heteroatoms. The quantitative estimate of drug-likeness (QED) is 0.776. The van der Waals surface area contributed by atoms with Crippen LogP contribution in [0.1, 0.15) is 10.4 Å². The highest BCUT2D eigenvalue weighted by molar-refractivity contribution is 6.03. The van der Waals surface area contributed by atoms with Gasteiger partial charge in [0.25, 0.3) is 5.91 Å². The summed E-state index contributed by atoms with van der Waals surface area (Å²) in [5.74, 6) is -0.898. The average Bonchev–Trinajstić information content (AvgIpc) is 2.97. The molecule has 0 saturated carbocycles. The topological polar surface area (TPSA) is 70.7 Å². The smallest absolute Gasteiger partial charge is 0.260 e. The zero-order chi connectivity index (χ0) is 14.7. The Balaban J connectivity index is 1.79. The van der Waals surface area contributed by atoms with Crippen LogP contribution in [0.4, 0.5) is 10.3 Å². The van der Waals surface area contributed by atoms with Crippen LogP contribution in [0.25, 0.3) is 11.4 Å². The van der Waals surface area contributed by atoms with Gasteiger partial charge in [0.2, 0.25) is 5.95 Å². The van der Waals surface area contributed by atoms with Gasteiger partial charge < -0.3 is 4.98 Å². The largest absolute Gasteiger partial charge is 0.323 e. The van der Waals surface area contributed by atoms with Crippen molar-refractivity contribution in [2.75, 3.05) is 5.32 Å². The molecule has 0 radical (unpaired) electrons. The lowest BCUT2D eigenvalue weighted by Gasteiger charge is -2.02. The Morgan fingerprint density at radius 2 is 1.90 bits per heavy atom. The first-order chi connectivity index (χ1) is 10.2. The first-order valence-electron chi connectivity index (χ1n) is 6.26. The van der Waals surface area contributed by atoms with E-state index >= 15 is 0 Å². The Kier molecular flexibility index (Phi) is 3.42. The van der Waals surface area contributed by atoms with E-state index in [9.17, 15) is 9.18 Å². The maximum atomic E-state index is 13.5. The second-order valence-electron chi connectivity index (χ2n) is 4.29. The Hall–Kier alpha value is -3.02. The number of H-pyrrole nitrogens is 1. The highest BCUT2D eigenvalue weighted by atomic mass is 19.1. The number of nitrogens with zero attached hydrogens (tertiary/aromatic N) is 2. The lowest BCUT2D eigenvalue weighted by atomic mass is 10.2. The number of imidazole rings is 1. The van der Waals surface area contributed by atoms with Crippen LogP contribution in [0.15, 0.2) is 54.9 Å². The number of hydrogen-bond donors (Lipinski definition) is 2. The molecule has 0 aliphatic rings. The molecule has 1 amide bonds. The third-order valence-corrected chi connectivity index (χ3v) is 2.87. The molecule has 0 saturated heterocycles. The summed E-state index contributed by atoms with van der Waals surface area (Å²) in [4.78, 5) is 23.1. The standard InChI is InChI=1S/C15H11FN4O/c16-11-6-2-1-5-10(11)14(21)20-15-18-9-13(19-15)12-7-3-4-8-17-12/h1-9H,(H2,18,19,20,21). The van der Waals surface area contributed by atoms with E-state index in [1.165, 1.54) is 18.2 Å². The number of aromatic amines is 1.